The van der Waals surface area contributed by atoms with Gasteiger partial charge in [-0.15, -0.1) is 0 Å². The van der Waals surface area contributed by atoms with Crippen molar-refractivity contribution in [2.75, 3.05) is 18.8 Å². The van der Waals surface area contributed by atoms with Gasteiger partial charge in [-0.1, -0.05) is 0 Å². The van der Waals surface area contributed by atoms with Crippen molar-refractivity contribution >= 4 is 48.1 Å². The van der Waals surface area contributed by atoms with Crippen molar-refractivity contribution in [1.82, 2.24) is 5.32 Å². The van der Waals surface area contributed by atoms with Crippen molar-refractivity contribution in [3.8, 4) is 0 Å². The third kappa shape index (κ3) is 8.78. The van der Waals surface area contributed by atoms with Crippen LogP contribution in [0.3, 0.4) is 0 Å². The summed E-state index contributed by atoms with van der Waals surface area (Å²) in [6, 6.07) is 0. The topological polar surface area (TPSA) is 55.1 Å². The largest absolute Gasteiger partial charge is 0.354 e. The fraction of sp³-hybridized carbons (Fsp3) is 0.750. The van der Waals surface area contributed by atoms with E-state index in [4.69, 9.17) is 5.73 Å². The summed E-state index contributed by atoms with van der Waals surface area (Å²) in [5.74, 6) is 0.533. The van der Waals surface area contributed by atoms with E-state index in [-0.39, 0.29) is 42.0 Å². The molecule has 0 unspecified atom stereocenters. The van der Waals surface area contributed by atoms with Crippen LogP contribution in [-0.2, 0) is 4.79 Å². The van der Waals surface area contributed by atoms with Crippen LogP contribution in [0, 0.1) is 0 Å². The minimum absolute atomic E-state index is 0. The Labute approximate surface area is 82.5 Å². The average Bonchev–Trinajstić information content (AvgIpc) is 1.83. The zero-order chi connectivity index (χ0) is 6.41. The predicted molar refractivity (Wildman–Crippen MR) is 41.7 cm³/mol. The monoisotopic (exact) mass is 157 g/mol. The van der Waals surface area contributed by atoms with Crippen LogP contribution in [0.15, 0.2) is 0 Å². The third-order valence-corrected chi connectivity index (χ3v) is 0.843. The summed E-state index contributed by atoms with van der Waals surface area (Å²) in [5.41, 5.74) is 4.98. The first-order valence-corrected chi connectivity index (χ1v) is 3.02. The fourth-order valence-corrected chi connectivity index (χ4v) is 0.379. The van der Waals surface area contributed by atoms with Gasteiger partial charge >= 0.3 is 0 Å². The molecule has 0 aromatic carbocycles. The summed E-state index contributed by atoms with van der Waals surface area (Å²) in [7, 11) is 0. The molecule has 0 aromatic heterocycles. The van der Waals surface area contributed by atoms with Crippen LogP contribution in [0.2, 0.25) is 0 Å². The molecule has 5 heteroatoms. The fourth-order valence-electron chi connectivity index (χ4n) is 0.267. The van der Waals surface area contributed by atoms with E-state index in [1.54, 1.807) is 0 Å². The molecule has 3 nitrogen and oxygen atoms in total. The predicted octanol–water partition coefficient (Wildman–Crippen LogP) is -1.39. The number of thiol groups is 1. The number of rotatable bonds is 3. The molecule has 0 aromatic rings. The van der Waals surface area contributed by atoms with Gasteiger partial charge < -0.3 is 11.1 Å². The Kier molecular flexibility index (Phi) is 12.2. The summed E-state index contributed by atoms with van der Waals surface area (Å²) in [6.45, 7) is 0.660. The number of nitrogens with one attached hydrogen (secondary N) is 1. The van der Waals surface area contributed by atoms with Crippen LogP contribution in [-0.4, -0.2) is 54.3 Å². The van der Waals surface area contributed by atoms with Crippen molar-refractivity contribution < 1.29 is 4.79 Å². The molecular weight excluding hydrogens is 147 g/mol. The molecule has 0 aliphatic carbocycles. The quantitative estimate of drug-likeness (QED) is 0.349. The van der Waals surface area contributed by atoms with Crippen molar-refractivity contribution in [1.29, 1.82) is 0 Å². The van der Waals surface area contributed by atoms with Gasteiger partial charge in [0.25, 0.3) is 0 Å². The smallest absolute Gasteiger partial charge is 0.233 e. The first-order chi connectivity index (χ1) is 3.81. The molecule has 0 spiro atoms. The first kappa shape index (κ1) is 12.5. The standard InChI is InChI=1S/C4H10N2OS.Na/c5-3-4(7)6-1-2-8;/h8H,1-3,5H2,(H,6,7);. The molecule has 0 saturated carbocycles. The SMILES string of the molecule is NCC(=O)NCCS.[Na]. The molecule has 1 amide bonds. The Balaban J connectivity index is 0. The maximum Gasteiger partial charge on any atom is 0.233 e. The Morgan fingerprint density at radius 1 is 1.67 bits per heavy atom. The molecule has 0 fully saturated rings. The zero-order valence-corrected chi connectivity index (χ0v) is 8.45. The minimum Gasteiger partial charge on any atom is -0.354 e. The van der Waals surface area contributed by atoms with E-state index in [0.717, 1.165) is 0 Å². The Morgan fingerprint density at radius 3 is 2.56 bits per heavy atom. The number of hydrogen-bond acceptors (Lipinski definition) is 3. The summed E-state index contributed by atoms with van der Waals surface area (Å²) < 4.78 is 0. The van der Waals surface area contributed by atoms with Crippen LogP contribution in [0.5, 0.6) is 0 Å². The van der Waals surface area contributed by atoms with E-state index in [0.29, 0.717) is 12.3 Å². The number of nitrogens with two attached hydrogens (primary N) is 1. The first-order valence-electron chi connectivity index (χ1n) is 2.39. The van der Waals surface area contributed by atoms with E-state index in [2.05, 4.69) is 17.9 Å². The van der Waals surface area contributed by atoms with Gasteiger partial charge in [0, 0.05) is 41.9 Å². The number of carbonyl (C=O) groups excluding carboxylic acids is 1. The second-order valence-corrected chi connectivity index (χ2v) is 1.72. The second kappa shape index (κ2) is 8.78. The average molecular weight is 157 g/mol. The molecule has 3 N–H and O–H groups in total. The van der Waals surface area contributed by atoms with Crippen LogP contribution < -0.4 is 11.1 Å². The van der Waals surface area contributed by atoms with Gasteiger partial charge in [-0.2, -0.15) is 12.6 Å². The molecule has 0 saturated heterocycles. The van der Waals surface area contributed by atoms with Gasteiger partial charge in [0.15, 0.2) is 0 Å². The molecule has 0 rings (SSSR count). The molecule has 0 aliphatic heterocycles. The van der Waals surface area contributed by atoms with E-state index in [1.165, 1.54) is 0 Å². The van der Waals surface area contributed by atoms with Crippen molar-refractivity contribution in [3.63, 3.8) is 0 Å². The van der Waals surface area contributed by atoms with E-state index < -0.39 is 0 Å². The van der Waals surface area contributed by atoms with Crippen LogP contribution in [0.25, 0.3) is 0 Å². The molecule has 0 heterocycles. The Morgan fingerprint density at radius 2 is 2.22 bits per heavy atom. The maximum atomic E-state index is 10.3. The van der Waals surface area contributed by atoms with Crippen molar-refractivity contribution in [3.05, 3.63) is 0 Å². The normalized spacial score (nSPS) is 7.78. The van der Waals surface area contributed by atoms with Crippen LogP contribution >= 0.6 is 12.6 Å². The third-order valence-electron chi connectivity index (χ3n) is 0.619. The van der Waals surface area contributed by atoms with Gasteiger partial charge in [-0.05, 0) is 0 Å². The summed E-state index contributed by atoms with van der Waals surface area (Å²) >= 11 is 3.88. The molecular formula is C4H10N2NaOS. The van der Waals surface area contributed by atoms with Crippen LogP contribution in [0.4, 0.5) is 0 Å². The van der Waals surface area contributed by atoms with Gasteiger partial charge in [0.2, 0.25) is 5.91 Å². The number of hydrogen-bond donors (Lipinski definition) is 3. The molecule has 0 aliphatic rings. The van der Waals surface area contributed by atoms with Crippen molar-refractivity contribution in [2.45, 2.75) is 0 Å². The van der Waals surface area contributed by atoms with Gasteiger partial charge in [-0.3, -0.25) is 4.79 Å². The molecule has 0 atom stereocenters. The van der Waals surface area contributed by atoms with E-state index in [9.17, 15) is 4.79 Å². The molecule has 9 heavy (non-hydrogen) atoms. The Hall–Kier alpha value is 0.780. The van der Waals surface area contributed by atoms with Gasteiger partial charge in [0.1, 0.15) is 0 Å². The zero-order valence-electron chi connectivity index (χ0n) is 5.55. The van der Waals surface area contributed by atoms with Crippen LogP contribution in [0.1, 0.15) is 0 Å². The number of amides is 1. The maximum absolute atomic E-state index is 10.3. The van der Waals surface area contributed by atoms with Gasteiger partial charge in [0.05, 0.1) is 6.54 Å². The summed E-state index contributed by atoms with van der Waals surface area (Å²) in [4.78, 5) is 10.3. The summed E-state index contributed by atoms with van der Waals surface area (Å²) in [6.07, 6.45) is 0. The van der Waals surface area contributed by atoms with E-state index in [1.807, 2.05) is 0 Å². The Bertz CT molecular complexity index is 81.0. The van der Waals surface area contributed by atoms with Crippen molar-refractivity contribution in [2.24, 2.45) is 5.73 Å². The molecule has 49 valence electrons. The van der Waals surface area contributed by atoms with Gasteiger partial charge in [-0.25, -0.2) is 0 Å². The molecule has 1 radical (unpaired) electrons. The number of carbonyl (C=O) groups is 1. The molecule has 0 bridgehead atoms. The van der Waals surface area contributed by atoms with E-state index >= 15 is 0 Å². The minimum atomic E-state index is -0.126. The second-order valence-electron chi connectivity index (χ2n) is 1.28. The summed E-state index contributed by atoms with van der Waals surface area (Å²) in [5, 5.41) is 2.54.